The van der Waals surface area contributed by atoms with Crippen LogP contribution < -0.4 is 5.73 Å². The van der Waals surface area contributed by atoms with Crippen LogP contribution in [0, 0.1) is 0 Å². The second kappa shape index (κ2) is 7.35. The van der Waals surface area contributed by atoms with Crippen molar-refractivity contribution >= 4 is 17.2 Å². The second-order valence-electron chi connectivity index (χ2n) is 3.80. The fraction of sp³-hybridized carbons (Fsp3) is 0.636. The molecule has 0 unspecified atom stereocenters. The zero-order chi connectivity index (χ0) is 11.8. The van der Waals surface area contributed by atoms with Crippen LogP contribution in [0.1, 0.15) is 19.8 Å². The number of rotatable bonds is 8. The van der Waals surface area contributed by atoms with Gasteiger partial charge in [-0.2, -0.15) is 0 Å². The molecule has 0 amide bonds. The Kier molecular flexibility index (Phi) is 6.03. The van der Waals surface area contributed by atoms with E-state index in [0.29, 0.717) is 4.99 Å². The summed E-state index contributed by atoms with van der Waals surface area (Å²) in [4.78, 5) is 6.99. The van der Waals surface area contributed by atoms with Crippen LogP contribution >= 0.6 is 12.2 Å². The molecule has 90 valence electrons. The molecule has 1 aromatic heterocycles. The molecule has 0 saturated carbocycles. The highest BCUT2D eigenvalue weighted by Gasteiger charge is 2.02. The number of aromatic nitrogens is 2. The van der Waals surface area contributed by atoms with Gasteiger partial charge in [0.05, 0.1) is 11.3 Å². The van der Waals surface area contributed by atoms with E-state index in [-0.39, 0.29) is 0 Å². The molecule has 16 heavy (non-hydrogen) atoms. The highest BCUT2D eigenvalue weighted by atomic mass is 32.1. The van der Waals surface area contributed by atoms with Crippen molar-refractivity contribution in [3.63, 3.8) is 0 Å². The molecule has 0 spiro atoms. The average Bonchev–Trinajstić information content (AvgIpc) is 2.75. The lowest BCUT2D eigenvalue weighted by atomic mass is 10.3. The van der Waals surface area contributed by atoms with Gasteiger partial charge in [-0.25, -0.2) is 4.98 Å². The van der Waals surface area contributed by atoms with E-state index in [2.05, 4.69) is 21.4 Å². The third-order valence-electron chi connectivity index (χ3n) is 2.57. The highest BCUT2D eigenvalue weighted by Crippen LogP contribution is 1.97. The van der Waals surface area contributed by atoms with Crippen molar-refractivity contribution in [3.8, 4) is 0 Å². The number of thiocarbonyl (C=S) groups is 1. The average molecular weight is 240 g/mol. The van der Waals surface area contributed by atoms with Gasteiger partial charge < -0.3 is 15.2 Å². The van der Waals surface area contributed by atoms with Crippen molar-refractivity contribution in [2.45, 2.75) is 26.3 Å². The van der Waals surface area contributed by atoms with Crippen molar-refractivity contribution in [2.75, 3.05) is 19.6 Å². The zero-order valence-corrected chi connectivity index (χ0v) is 10.6. The Morgan fingerprint density at radius 1 is 1.50 bits per heavy atom. The molecule has 5 heteroatoms. The molecule has 0 aromatic carbocycles. The summed E-state index contributed by atoms with van der Waals surface area (Å²) in [5.41, 5.74) is 5.49. The third kappa shape index (κ3) is 5.23. The van der Waals surface area contributed by atoms with Gasteiger partial charge in [0.1, 0.15) is 0 Å². The Bertz CT molecular complexity index is 297. The molecule has 1 heterocycles. The molecule has 1 aromatic rings. The molecule has 0 aliphatic rings. The first kappa shape index (κ1) is 13.1. The van der Waals surface area contributed by atoms with Gasteiger partial charge in [-0.1, -0.05) is 19.1 Å². The first-order chi connectivity index (χ1) is 7.72. The van der Waals surface area contributed by atoms with Crippen molar-refractivity contribution in [1.82, 2.24) is 14.5 Å². The van der Waals surface area contributed by atoms with Crippen LogP contribution in [0.15, 0.2) is 18.7 Å². The molecule has 0 fully saturated rings. The predicted molar refractivity (Wildman–Crippen MR) is 70.4 cm³/mol. The van der Waals surface area contributed by atoms with Gasteiger partial charge in [0.15, 0.2) is 0 Å². The predicted octanol–water partition coefficient (Wildman–Crippen LogP) is 1.27. The number of hydrogen-bond acceptors (Lipinski definition) is 3. The summed E-state index contributed by atoms with van der Waals surface area (Å²) < 4.78 is 2.10. The van der Waals surface area contributed by atoms with E-state index in [1.807, 2.05) is 18.7 Å². The topological polar surface area (TPSA) is 47.1 Å². The Balaban J connectivity index is 2.16. The number of aryl methyl sites for hydroxylation is 1. The Morgan fingerprint density at radius 2 is 2.31 bits per heavy atom. The number of hydrogen-bond donors (Lipinski definition) is 1. The lowest BCUT2D eigenvalue weighted by molar-refractivity contribution is 0.286. The number of nitrogens with zero attached hydrogens (tertiary/aromatic N) is 3. The van der Waals surface area contributed by atoms with Gasteiger partial charge in [-0.15, -0.1) is 0 Å². The fourth-order valence-corrected chi connectivity index (χ4v) is 1.68. The summed E-state index contributed by atoms with van der Waals surface area (Å²) in [6, 6.07) is 0. The first-order valence-electron chi connectivity index (χ1n) is 5.68. The SMILES string of the molecule is CCN(CCCn1ccnc1)CCC(N)=S. The van der Waals surface area contributed by atoms with Crippen molar-refractivity contribution in [2.24, 2.45) is 5.73 Å². The van der Waals surface area contributed by atoms with Crippen LogP contribution in [0.25, 0.3) is 0 Å². The van der Waals surface area contributed by atoms with Gasteiger partial charge in [0.25, 0.3) is 0 Å². The largest absolute Gasteiger partial charge is 0.393 e. The summed E-state index contributed by atoms with van der Waals surface area (Å²) in [7, 11) is 0. The minimum atomic E-state index is 0.605. The van der Waals surface area contributed by atoms with E-state index in [4.69, 9.17) is 18.0 Å². The van der Waals surface area contributed by atoms with Crippen LogP contribution in [0.3, 0.4) is 0 Å². The van der Waals surface area contributed by atoms with Crippen molar-refractivity contribution in [1.29, 1.82) is 0 Å². The van der Waals surface area contributed by atoms with Crippen LogP contribution in [0.5, 0.6) is 0 Å². The van der Waals surface area contributed by atoms with Gasteiger partial charge in [0, 0.05) is 31.9 Å². The maximum absolute atomic E-state index is 5.49. The molecule has 0 aliphatic carbocycles. The van der Waals surface area contributed by atoms with Gasteiger partial charge >= 0.3 is 0 Å². The lowest BCUT2D eigenvalue weighted by Crippen LogP contribution is -2.29. The molecule has 0 bridgehead atoms. The van der Waals surface area contributed by atoms with Gasteiger partial charge in [-0.3, -0.25) is 0 Å². The van der Waals surface area contributed by atoms with E-state index in [1.165, 1.54) is 0 Å². The minimum Gasteiger partial charge on any atom is -0.393 e. The van der Waals surface area contributed by atoms with E-state index in [0.717, 1.165) is 39.0 Å². The molecule has 4 nitrogen and oxygen atoms in total. The first-order valence-corrected chi connectivity index (χ1v) is 6.09. The molecule has 2 N–H and O–H groups in total. The third-order valence-corrected chi connectivity index (χ3v) is 2.78. The quantitative estimate of drug-likeness (QED) is 0.695. The minimum absolute atomic E-state index is 0.605. The number of nitrogens with two attached hydrogens (primary N) is 1. The monoisotopic (exact) mass is 240 g/mol. The Labute approximate surface area is 102 Å². The van der Waals surface area contributed by atoms with Crippen molar-refractivity contribution in [3.05, 3.63) is 18.7 Å². The molecule has 1 rings (SSSR count). The molecule has 0 aliphatic heterocycles. The summed E-state index contributed by atoms with van der Waals surface area (Å²) in [5, 5.41) is 0. The van der Waals surface area contributed by atoms with Crippen LogP contribution in [0.2, 0.25) is 0 Å². The van der Waals surface area contributed by atoms with E-state index in [1.54, 1.807) is 0 Å². The Hall–Kier alpha value is -0.940. The van der Waals surface area contributed by atoms with Gasteiger partial charge in [-0.05, 0) is 19.5 Å². The smallest absolute Gasteiger partial charge is 0.0945 e. The maximum atomic E-state index is 5.49. The van der Waals surface area contributed by atoms with E-state index >= 15 is 0 Å². The molecule has 0 radical (unpaired) electrons. The van der Waals surface area contributed by atoms with Crippen LogP contribution in [-0.2, 0) is 6.54 Å². The Morgan fingerprint density at radius 3 is 2.88 bits per heavy atom. The second-order valence-corrected chi connectivity index (χ2v) is 4.33. The summed E-state index contributed by atoms with van der Waals surface area (Å²) in [6.45, 7) is 6.28. The molecule has 0 saturated heterocycles. The van der Waals surface area contributed by atoms with Crippen molar-refractivity contribution < 1.29 is 0 Å². The van der Waals surface area contributed by atoms with Crippen LogP contribution in [-0.4, -0.2) is 39.1 Å². The highest BCUT2D eigenvalue weighted by molar-refractivity contribution is 7.80. The fourth-order valence-electron chi connectivity index (χ4n) is 1.59. The van der Waals surface area contributed by atoms with E-state index in [9.17, 15) is 0 Å². The zero-order valence-electron chi connectivity index (χ0n) is 9.80. The molecular weight excluding hydrogens is 220 g/mol. The number of imidazole rings is 1. The standard InChI is InChI=1S/C11H20N4S/c1-2-14(8-4-11(12)16)6-3-7-15-9-5-13-10-15/h5,9-10H,2-4,6-8H2,1H3,(H2,12,16). The lowest BCUT2D eigenvalue weighted by Gasteiger charge is -2.19. The summed E-state index contributed by atoms with van der Waals surface area (Å²) >= 11 is 4.88. The van der Waals surface area contributed by atoms with E-state index < -0.39 is 0 Å². The summed E-state index contributed by atoms with van der Waals surface area (Å²) in [5.74, 6) is 0. The van der Waals surface area contributed by atoms with Crippen LogP contribution in [0.4, 0.5) is 0 Å². The summed E-state index contributed by atoms with van der Waals surface area (Å²) in [6.07, 6.45) is 7.59. The van der Waals surface area contributed by atoms with Gasteiger partial charge in [0.2, 0.25) is 0 Å². The molecule has 0 atom stereocenters. The normalized spacial score (nSPS) is 10.9. The maximum Gasteiger partial charge on any atom is 0.0945 e. The molecular formula is C11H20N4S.